The van der Waals surface area contributed by atoms with E-state index in [4.69, 9.17) is 23.2 Å². The van der Waals surface area contributed by atoms with Gasteiger partial charge in [0.1, 0.15) is 0 Å². The summed E-state index contributed by atoms with van der Waals surface area (Å²) in [5.41, 5.74) is 2.18. The standard InChI is InChI=1S/C10H10Cl2/c1-8(6-7-11)9-4-2-3-5-10(9)12/h2-6H,7H2,1H3/b8-6+. The predicted molar refractivity (Wildman–Crippen MR) is 55.8 cm³/mol. The lowest BCUT2D eigenvalue weighted by Gasteiger charge is -2.02. The maximum atomic E-state index is 5.97. The molecule has 0 radical (unpaired) electrons. The summed E-state index contributed by atoms with van der Waals surface area (Å²) in [6.45, 7) is 2.00. The fraction of sp³-hybridized carbons (Fsp3) is 0.200. The number of alkyl halides is 1. The van der Waals surface area contributed by atoms with Crippen molar-refractivity contribution in [1.29, 1.82) is 0 Å². The first kappa shape index (κ1) is 9.63. The summed E-state index contributed by atoms with van der Waals surface area (Å²) in [4.78, 5) is 0. The summed E-state index contributed by atoms with van der Waals surface area (Å²) < 4.78 is 0. The van der Waals surface area contributed by atoms with Crippen molar-refractivity contribution in [1.82, 2.24) is 0 Å². The van der Waals surface area contributed by atoms with Crippen LogP contribution in [0.1, 0.15) is 12.5 Å². The van der Waals surface area contributed by atoms with Crippen LogP contribution in [0.15, 0.2) is 30.3 Å². The Morgan fingerprint density at radius 1 is 1.42 bits per heavy atom. The molecule has 0 heterocycles. The first-order valence-corrected chi connectivity index (χ1v) is 4.64. The van der Waals surface area contributed by atoms with Gasteiger partial charge in [0.15, 0.2) is 0 Å². The molecule has 0 N–H and O–H groups in total. The minimum absolute atomic E-state index is 0.525. The molecule has 0 fully saturated rings. The molecule has 1 rings (SSSR count). The quantitative estimate of drug-likeness (QED) is 0.634. The molecule has 0 nitrogen and oxygen atoms in total. The van der Waals surface area contributed by atoms with Crippen LogP contribution in [-0.2, 0) is 0 Å². The highest BCUT2D eigenvalue weighted by Crippen LogP contribution is 2.22. The SMILES string of the molecule is C/C(=C\CCl)c1ccccc1Cl. The van der Waals surface area contributed by atoms with E-state index in [1.54, 1.807) is 0 Å². The monoisotopic (exact) mass is 200 g/mol. The van der Waals surface area contributed by atoms with Crippen LogP contribution in [0.5, 0.6) is 0 Å². The van der Waals surface area contributed by atoms with Crippen molar-refractivity contribution in [3.63, 3.8) is 0 Å². The summed E-state index contributed by atoms with van der Waals surface area (Å²) in [6.07, 6.45) is 1.95. The Balaban J connectivity index is 3.02. The Labute approximate surface area is 82.8 Å². The van der Waals surface area contributed by atoms with Crippen LogP contribution in [0, 0.1) is 0 Å². The number of benzene rings is 1. The van der Waals surface area contributed by atoms with Gasteiger partial charge in [-0.05, 0) is 24.1 Å². The molecule has 0 saturated carbocycles. The Morgan fingerprint density at radius 3 is 2.67 bits per heavy atom. The molecular weight excluding hydrogens is 191 g/mol. The van der Waals surface area contributed by atoms with E-state index in [9.17, 15) is 0 Å². The molecule has 0 bridgehead atoms. The van der Waals surface area contributed by atoms with Gasteiger partial charge in [-0.1, -0.05) is 35.9 Å². The number of rotatable bonds is 2. The van der Waals surface area contributed by atoms with Crippen LogP contribution in [0.4, 0.5) is 0 Å². The molecule has 1 aromatic rings. The van der Waals surface area contributed by atoms with Crippen LogP contribution in [0.25, 0.3) is 5.57 Å². The molecule has 0 aliphatic carbocycles. The number of hydrogen-bond acceptors (Lipinski definition) is 0. The first-order valence-electron chi connectivity index (χ1n) is 3.73. The second-order valence-electron chi connectivity index (χ2n) is 2.52. The molecule has 2 heteroatoms. The molecule has 64 valence electrons. The van der Waals surface area contributed by atoms with Crippen molar-refractivity contribution in [2.75, 3.05) is 5.88 Å². The second kappa shape index (κ2) is 4.54. The molecule has 1 aromatic carbocycles. The zero-order valence-electron chi connectivity index (χ0n) is 6.85. The maximum absolute atomic E-state index is 5.97. The van der Waals surface area contributed by atoms with E-state index >= 15 is 0 Å². The van der Waals surface area contributed by atoms with Crippen LogP contribution in [0.3, 0.4) is 0 Å². The average molecular weight is 201 g/mol. The van der Waals surface area contributed by atoms with Crippen molar-refractivity contribution in [3.8, 4) is 0 Å². The van der Waals surface area contributed by atoms with Crippen LogP contribution in [-0.4, -0.2) is 5.88 Å². The van der Waals surface area contributed by atoms with Gasteiger partial charge in [-0.15, -0.1) is 11.6 Å². The summed E-state index contributed by atoms with van der Waals surface area (Å²) in [5.74, 6) is 0.525. The Morgan fingerprint density at radius 2 is 2.08 bits per heavy atom. The van der Waals surface area contributed by atoms with E-state index in [2.05, 4.69) is 0 Å². The molecule has 0 saturated heterocycles. The Hall–Kier alpha value is -0.460. The molecule has 0 amide bonds. The van der Waals surface area contributed by atoms with Gasteiger partial charge in [0, 0.05) is 10.9 Å². The van der Waals surface area contributed by atoms with E-state index in [-0.39, 0.29) is 0 Å². The minimum atomic E-state index is 0.525. The second-order valence-corrected chi connectivity index (χ2v) is 3.24. The van der Waals surface area contributed by atoms with E-state index in [0.717, 1.165) is 16.2 Å². The summed E-state index contributed by atoms with van der Waals surface area (Å²) >= 11 is 11.6. The molecule has 0 spiro atoms. The molecule has 0 aliphatic rings. The smallest absolute Gasteiger partial charge is 0.0480 e. The molecule has 0 aromatic heterocycles. The summed E-state index contributed by atoms with van der Waals surface area (Å²) in [5, 5.41) is 0.774. The van der Waals surface area contributed by atoms with E-state index in [1.165, 1.54) is 0 Å². The average Bonchev–Trinajstić information content (AvgIpc) is 2.05. The van der Waals surface area contributed by atoms with Gasteiger partial charge >= 0.3 is 0 Å². The van der Waals surface area contributed by atoms with Crippen molar-refractivity contribution in [2.45, 2.75) is 6.92 Å². The summed E-state index contributed by atoms with van der Waals surface area (Å²) in [6, 6.07) is 7.75. The van der Waals surface area contributed by atoms with Crippen molar-refractivity contribution >= 4 is 28.8 Å². The fourth-order valence-corrected chi connectivity index (χ4v) is 1.52. The highest BCUT2D eigenvalue weighted by atomic mass is 35.5. The van der Waals surface area contributed by atoms with E-state index in [1.807, 2.05) is 37.3 Å². The first-order chi connectivity index (χ1) is 5.75. The molecule has 0 atom stereocenters. The van der Waals surface area contributed by atoms with E-state index in [0.29, 0.717) is 5.88 Å². The summed E-state index contributed by atoms with van der Waals surface area (Å²) in [7, 11) is 0. The van der Waals surface area contributed by atoms with Gasteiger partial charge in [0.25, 0.3) is 0 Å². The van der Waals surface area contributed by atoms with Crippen LogP contribution < -0.4 is 0 Å². The molecule has 12 heavy (non-hydrogen) atoms. The number of halogens is 2. The van der Waals surface area contributed by atoms with Crippen molar-refractivity contribution in [2.24, 2.45) is 0 Å². The number of allylic oxidation sites excluding steroid dienone is 2. The van der Waals surface area contributed by atoms with Gasteiger partial charge in [0.2, 0.25) is 0 Å². The molecule has 0 aliphatic heterocycles. The van der Waals surface area contributed by atoms with Gasteiger partial charge < -0.3 is 0 Å². The van der Waals surface area contributed by atoms with Gasteiger partial charge in [-0.3, -0.25) is 0 Å². The third kappa shape index (κ3) is 2.26. The number of hydrogen-bond donors (Lipinski definition) is 0. The van der Waals surface area contributed by atoms with Gasteiger partial charge in [-0.25, -0.2) is 0 Å². The zero-order chi connectivity index (χ0) is 8.97. The maximum Gasteiger partial charge on any atom is 0.0480 e. The highest BCUT2D eigenvalue weighted by molar-refractivity contribution is 6.32. The van der Waals surface area contributed by atoms with Crippen LogP contribution in [0.2, 0.25) is 5.02 Å². The fourth-order valence-electron chi connectivity index (χ4n) is 1.01. The third-order valence-corrected chi connectivity index (χ3v) is 2.17. The molecular formula is C10H10Cl2. The van der Waals surface area contributed by atoms with Crippen molar-refractivity contribution in [3.05, 3.63) is 40.9 Å². The normalized spacial score (nSPS) is 11.8. The lowest BCUT2D eigenvalue weighted by molar-refractivity contribution is 1.54. The topological polar surface area (TPSA) is 0 Å². The van der Waals surface area contributed by atoms with Crippen LogP contribution >= 0.6 is 23.2 Å². The lowest BCUT2D eigenvalue weighted by atomic mass is 10.1. The predicted octanol–water partition coefficient (Wildman–Crippen LogP) is 3.98. The Kier molecular flexibility index (Phi) is 3.64. The van der Waals surface area contributed by atoms with Gasteiger partial charge in [-0.2, -0.15) is 0 Å². The Bertz CT molecular complexity index is 290. The highest BCUT2D eigenvalue weighted by Gasteiger charge is 1.98. The lowest BCUT2D eigenvalue weighted by Crippen LogP contribution is -1.81. The third-order valence-electron chi connectivity index (χ3n) is 1.68. The largest absolute Gasteiger partial charge is 0.122 e. The van der Waals surface area contributed by atoms with Crippen molar-refractivity contribution < 1.29 is 0 Å². The van der Waals surface area contributed by atoms with Gasteiger partial charge in [0.05, 0.1) is 0 Å². The molecule has 0 unspecified atom stereocenters. The zero-order valence-corrected chi connectivity index (χ0v) is 8.36. The van der Waals surface area contributed by atoms with E-state index < -0.39 is 0 Å². The minimum Gasteiger partial charge on any atom is -0.122 e.